The first kappa shape index (κ1) is 17.5. The number of hydrogen-bond acceptors (Lipinski definition) is 6. The number of aromatic hydroxyl groups is 1. The van der Waals surface area contributed by atoms with Crippen LogP contribution < -0.4 is 10.1 Å². The summed E-state index contributed by atoms with van der Waals surface area (Å²) in [4.78, 5) is 19.4. The van der Waals surface area contributed by atoms with Crippen molar-refractivity contribution in [3.05, 3.63) is 42.0 Å². The first-order valence-corrected chi connectivity index (χ1v) is 10.4. The fourth-order valence-corrected chi connectivity index (χ4v) is 4.87. The molecule has 3 heterocycles. The van der Waals surface area contributed by atoms with Crippen molar-refractivity contribution in [2.24, 2.45) is 0 Å². The van der Waals surface area contributed by atoms with Crippen LogP contribution in [0.3, 0.4) is 0 Å². The molecule has 2 aliphatic rings. The third-order valence-electron chi connectivity index (χ3n) is 5.33. The molecule has 144 valence electrons. The summed E-state index contributed by atoms with van der Waals surface area (Å²) in [5.41, 5.74) is 2.60. The van der Waals surface area contributed by atoms with Crippen molar-refractivity contribution in [1.82, 2.24) is 15.2 Å². The number of amides is 1. The molecule has 0 unspecified atom stereocenters. The Morgan fingerprint density at radius 1 is 1.32 bits per heavy atom. The van der Waals surface area contributed by atoms with E-state index in [9.17, 15) is 9.90 Å². The second-order valence-electron chi connectivity index (χ2n) is 7.23. The van der Waals surface area contributed by atoms with Gasteiger partial charge in [-0.25, -0.2) is 4.98 Å². The average Bonchev–Trinajstić information content (AvgIpc) is 3.33. The molecule has 5 rings (SSSR count). The fraction of sp³-hybridized carbons (Fsp3) is 0.333. The second kappa shape index (κ2) is 7.07. The smallest absolute Gasteiger partial charge is 0.240 e. The van der Waals surface area contributed by atoms with Crippen molar-refractivity contribution in [1.29, 1.82) is 0 Å². The van der Waals surface area contributed by atoms with Crippen molar-refractivity contribution in [2.45, 2.75) is 25.4 Å². The summed E-state index contributed by atoms with van der Waals surface area (Å²) in [7, 11) is 0. The van der Waals surface area contributed by atoms with Gasteiger partial charge in [0.15, 0.2) is 11.5 Å². The van der Waals surface area contributed by atoms with E-state index < -0.39 is 0 Å². The summed E-state index contributed by atoms with van der Waals surface area (Å²) in [6, 6.07) is 11.6. The van der Waals surface area contributed by atoms with Gasteiger partial charge in [0, 0.05) is 17.7 Å². The van der Waals surface area contributed by atoms with Gasteiger partial charge in [-0.05, 0) is 43.7 Å². The number of para-hydroxylation sites is 1. The van der Waals surface area contributed by atoms with Crippen molar-refractivity contribution in [3.63, 3.8) is 0 Å². The van der Waals surface area contributed by atoms with Crippen LogP contribution in [0.2, 0.25) is 0 Å². The Morgan fingerprint density at radius 2 is 2.21 bits per heavy atom. The van der Waals surface area contributed by atoms with E-state index in [2.05, 4.69) is 10.3 Å². The van der Waals surface area contributed by atoms with Crippen molar-refractivity contribution in [3.8, 4) is 22.1 Å². The number of phenolic OH excluding ortho intramolecular Hbond substituents is 1. The standard InChI is InChI=1S/C21H21N3O3S/c25-17-11-13(20-23-15-4-1-2-6-18(15)28-20)10-14-12-24(8-9-27-19(14)17)21(26)16-5-3-7-22-16/h1-2,4,6,10-11,16,22,25H,3,5,7-9,12H2/t16-/m1/s1. The van der Waals surface area contributed by atoms with Gasteiger partial charge in [0.05, 0.1) is 22.8 Å². The Balaban J connectivity index is 1.50. The number of carbonyl (C=O) groups is 1. The van der Waals surface area contributed by atoms with Gasteiger partial charge in [-0.2, -0.15) is 0 Å². The number of aromatic nitrogens is 1. The lowest BCUT2D eigenvalue weighted by Gasteiger charge is -2.23. The zero-order valence-corrected chi connectivity index (χ0v) is 16.2. The number of rotatable bonds is 2. The molecule has 0 saturated carbocycles. The van der Waals surface area contributed by atoms with Gasteiger partial charge in [-0.3, -0.25) is 4.79 Å². The number of benzene rings is 2. The molecule has 1 fully saturated rings. The quantitative estimate of drug-likeness (QED) is 0.697. The van der Waals surface area contributed by atoms with Gasteiger partial charge in [-0.1, -0.05) is 12.1 Å². The number of phenols is 1. The molecule has 2 N–H and O–H groups in total. The van der Waals surface area contributed by atoms with E-state index in [-0.39, 0.29) is 17.7 Å². The van der Waals surface area contributed by atoms with Crippen LogP contribution >= 0.6 is 11.3 Å². The van der Waals surface area contributed by atoms with Crippen LogP contribution in [0.15, 0.2) is 36.4 Å². The van der Waals surface area contributed by atoms with Crippen LogP contribution in [0.5, 0.6) is 11.5 Å². The predicted octanol–water partition coefficient (Wildman–Crippen LogP) is 3.14. The molecule has 0 aliphatic carbocycles. The highest BCUT2D eigenvalue weighted by Crippen LogP contribution is 2.39. The number of thiazole rings is 1. The summed E-state index contributed by atoms with van der Waals surface area (Å²) >= 11 is 1.59. The van der Waals surface area contributed by atoms with Gasteiger partial charge in [0.1, 0.15) is 11.6 Å². The topological polar surface area (TPSA) is 74.7 Å². The lowest BCUT2D eigenvalue weighted by atomic mass is 10.1. The highest BCUT2D eigenvalue weighted by molar-refractivity contribution is 7.21. The molecule has 28 heavy (non-hydrogen) atoms. The molecular weight excluding hydrogens is 374 g/mol. The highest BCUT2D eigenvalue weighted by atomic mass is 32.1. The molecule has 2 aliphatic heterocycles. The first-order valence-electron chi connectivity index (χ1n) is 9.56. The maximum absolute atomic E-state index is 12.9. The lowest BCUT2D eigenvalue weighted by Crippen LogP contribution is -2.44. The summed E-state index contributed by atoms with van der Waals surface area (Å²) in [5.74, 6) is 0.679. The number of hydrogen-bond donors (Lipinski definition) is 2. The molecule has 7 heteroatoms. The summed E-state index contributed by atoms with van der Waals surface area (Å²) in [6.07, 6.45) is 1.90. The van der Waals surface area contributed by atoms with Gasteiger partial charge in [0.2, 0.25) is 5.91 Å². The van der Waals surface area contributed by atoms with Gasteiger partial charge in [0.25, 0.3) is 0 Å². The monoisotopic (exact) mass is 395 g/mol. The Labute approximate surface area is 166 Å². The van der Waals surface area contributed by atoms with E-state index in [1.165, 1.54) is 0 Å². The number of fused-ring (bicyclic) bond motifs is 2. The van der Waals surface area contributed by atoms with E-state index in [4.69, 9.17) is 4.74 Å². The molecule has 6 nitrogen and oxygen atoms in total. The molecule has 2 aromatic carbocycles. The second-order valence-corrected chi connectivity index (χ2v) is 8.26. The highest BCUT2D eigenvalue weighted by Gasteiger charge is 2.29. The average molecular weight is 395 g/mol. The minimum absolute atomic E-state index is 0.0973. The lowest BCUT2D eigenvalue weighted by molar-refractivity contribution is -0.133. The van der Waals surface area contributed by atoms with Crippen LogP contribution in [0, 0.1) is 0 Å². The van der Waals surface area contributed by atoms with Crippen LogP contribution in [-0.4, -0.2) is 46.6 Å². The Bertz CT molecular complexity index is 1010. The molecule has 0 bridgehead atoms. The van der Waals surface area contributed by atoms with Crippen molar-refractivity contribution in [2.75, 3.05) is 19.7 Å². The van der Waals surface area contributed by atoms with Crippen LogP contribution in [0.25, 0.3) is 20.8 Å². The molecule has 3 aromatic rings. The van der Waals surface area contributed by atoms with Crippen molar-refractivity contribution >= 4 is 27.5 Å². The molecule has 1 aromatic heterocycles. The maximum Gasteiger partial charge on any atom is 0.240 e. The van der Waals surface area contributed by atoms with Gasteiger partial charge >= 0.3 is 0 Å². The van der Waals surface area contributed by atoms with Gasteiger partial charge < -0.3 is 20.1 Å². The fourth-order valence-electron chi connectivity index (χ4n) is 3.92. The van der Waals surface area contributed by atoms with Crippen LogP contribution in [-0.2, 0) is 11.3 Å². The Morgan fingerprint density at radius 3 is 3.04 bits per heavy atom. The van der Waals surface area contributed by atoms with Crippen molar-refractivity contribution < 1.29 is 14.6 Å². The van der Waals surface area contributed by atoms with E-state index in [1.807, 2.05) is 35.2 Å². The van der Waals surface area contributed by atoms with Crippen LogP contribution in [0.4, 0.5) is 0 Å². The normalized spacial score (nSPS) is 19.3. The molecule has 0 spiro atoms. The molecule has 0 radical (unpaired) electrons. The Hall–Kier alpha value is -2.64. The molecule has 1 saturated heterocycles. The Kier molecular flexibility index (Phi) is 4.41. The zero-order chi connectivity index (χ0) is 19.1. The molecule has 1 amide bonds. The van der Waals surface area contributed by atoms with E-state index in [0.29, 0.717) is 25.4 Å². The number of ether oxygens (including phenoxy) is 1. The SMILES string of the molecule is O=C([C@H]1CCCN1)N1CCOc2c(O)cc(-c3nc4ccccc4s3)cc2C1. The first-order chi connectivity index (χ1) is 13.7. The summed E-state index contributed by atoms with van der Waals surface area (Å²) < 4.78 is 6.89. The number of carbonyl (C=O) groups excluding carboxylic acids is 1. The largest absolute Gasteiger partial charge is 0.504 e. The third-order valence-corrected chi connectivity index (χ3v) is 6.41. The zero-order valence-electron chi connectivity index (χ0n) is 15.4. The van der Waals surface area contributed by atoms with Gasteiger partial charge in [-0.15, -0.1) is 11.3 Å². The maximum atomic E-state index is 12.9. The predicted molar refractivity (Wildman–Crippen MR) is 109 cm³/mol. The molecule has 1 atom stereocenters. The summed E-state index contributed by atoms with van der Waals surface area (Å²) in [5, 5.41) is 14.7. The minimum atomic E-state index is -0.109. The summed E-state index contributed by atoms with van der Waals surface area (Å²) in [6.45, 7) is 2.21. The third kappa shape index (κ3) is 3.10. The number of nitrogens with one attached hydrogen (secondary N) is 1. The van der Waals surface area contributed by atoms with Crippen LogP contribution in [0.1, 0.15) is 18.4 Å². The molecular formula is C21H21N3O3S. The van der Waals surface area contributed by atoms with E-state index in [1.54, 1.807) is 17.4 Å². The van der Waals surface area contributed by atoms with E-state index >= 15 is 0 Å². The minimum Gasteiger partial charge on any atom is -0.504 e. The number of nitrogens with zero attached hydrogens (tertiary/aromatic N) is 2. The van der Waals surface area contributed by atoms with E-state index in [0.717, 1.165) is 45.7 Å².